The summed E-state index contributed by atoms with van der Waals surface area (Å²) in [5.41, 5.74) is 3.79. The molecule has 0 amide bonds. The number of aromatic nitrogens is 2. The van der Waals surface area contributed by atoms with Gasteiger partial charge >= 0.3 is 0 Å². The van der Waals surface area contributed by atoms with Gasteiger partial charge in [0.25, 0.3) is 0 Å². The molecule has 112 valence electrons. The third-order valence-corrected chi connectivity index (χ3v) is 5.68. The Morgan fingerprint density at radius 1 is 1.38 bits per heavy atom. The standard InChI is InChI=1S/C16H20BrN3S/c1-3-18-9-11-4-5-13-12(8-11)10(2)19-16(20-13)14-6-7-15(17)21-14/h6-7,11,18H,3-5,8-9H2,1-2H3. The SMILES string of the molecule is CCNCC1CCc2nc(-c3ccc(Br)s3)nc(C)c2C1. The van der Waals surface area contributed by atoms with Gasteiger partial charge in [0.05, 0.1) is 8.66 Å². The van der Waals surface area contributed by atoms with E-state index in [4.69, 9.17) is 9.97 Å². The lowest BCUT2D eigenvalue weighted by Gasteiger charge is -2.25. The second-order valence-electron chi connectivity index (χ2n) is 5.58. The lowest BCUT2D eigenvalue weighted by Crippen LogP contribution is -2.28. The van der Waals surface area contributed by atoms with Gasteiger partial charge in [-0.15, -0.1) is 11.3 Å². The normalized spacial score (nSPS) is 17.8. The van der Waals surface area contributed by atoms with Crippen LogP contribution in [0.25, 0.3) is 10.7 Å². The Bertz CT molecular complexity index is 638. The minimum absolute atomic E-state index is 0.724. The summed E-state index contributed by atoms with van der Waals surface area (Å²) in [5, 5.41) is 3.46. The van der Waals surface area contributed by atoms with E-state index in [-0.39, 0.29) is 0 Å². The van der Waals surface area contributed by atoms with Crippen molar-refractivity contribution >= 4 is 27.3 Å². The van der Waals surface area contributed by atoms with Crippen LogP contribution in [-0.4, -0.2) is 23.1 Å². The number of nitrogens with zero attached hydrogens (tertiary/aromatic N) is 2. The summed E-state index contributed by atoms with van der Waals surface area (Å²) in [6.07, 6.45) is 3.42. The van der Waals surface area contributed by atoms with Crippen LogP contribution in [0.4, 0.5) is 0 Å². The first-order chi connectivity index (χ1) is 10.2. The smallest absolute Gasteiger partial charge is 0.169 e. The summed E-state index contributed by atoms with van der Waals surface area (Å²) >= 11 is 5.20. The number of fused-ring (bicyclic) bond motifs is 1. The van der Waals surface area contributed by atoms with E-state index in [9.17, 15) is 0 Å². The lowest BCUT2D eigenvalue weighted by molar-refractivity contribution is 0.423. The maximum atomic E-state index is 4.83. The monoisotopic (exact) mass is 365 g/mol. The number of aryl methyl sites for hydroxylation is 2. The minimum Gasteiger partial charge on any atom is -0.317 e. The van der Waals surface area contributed by atoms with Gasteiger partial charge in [-0.2, -0.15) is 0 Å². The summed E-state index contributed by atoms with van der Waals surface area (Å²) in [4.78, 5) is 10.7. The van der Waals surface area contributed by atoms with Gasteiger partial charge in [-0.3, -0.25) is 0 Å². The Balaban J connectivity index is 1.86. The molecule has 0 saturated heterocycles. The Kier molecular flexibility index (Phi) is 4.72. The van der Waals surface area contributed by atoms with E-state index in [0.717, 1.165) is 52.0 Å². The molecule has 3 rings (SSSR count). The highest BCUT2D eigenvalue weighted by atomic mass is 79.9. The van der Waals surface area contributed by atoms with Gasteiger partial charge in [-0.25, -0.2) is 9.97 Å². The van der Waals surface area contributed by atoms with Crippen LogP contribution in [0, 0.1) is 12.8 Å². The van der Waals surface area contributed by atoms with E-state index >= 15 is 0 Å². The molecule has 2 aromatic heterocycles. The van der Waals surface area contributed by atoms with E-state index in [1.54, 1.807) is 11.3 Å². The number of thiophene rings is 1. The molecule has 2 aromatic rings. The predicted molar refractivity (Wildman–Crippen MR) is 91.8 cm³/mol. The van der Waals surface area contributed by atoms with Crippen molar-refractivity contribution in [2.45, 2.75) is 33.1 Å². The van der Waals surface area contributed by atoms with E-state index in [1.165, 1.54) is 17.7 Å². The van der Waals surface area contributed by atoms with Crippen molar-refractivity contribution in [2.24, 2.45) is 5.92 Å². The van der Waals surface area contributed by atoms with Crippen LogP contribution in [-0.2, 0) is 12.8 Å². The summed E-state index contributed by atoms with van der Waals surface area (Å²) in [6.45, 7) is 6.44. The third-order valence-electron chi connectivity index (χ3n) is 4.06. The molecule has 0 fully saturated rings. The van der Waals surface area contributed by atoms with Crippen LogP contribution in [0.2, 0.25) is 0 Å². The maximum Gasteiger partial charge on any atom is 0.169 e. The Labute approximate surface area is 138 Å². The zero-order valence-corrected chi connectivity index (χ0v) is 14.9. The summed E-state index contributed by atoms with van der Waals surface area (Å²) in [7, 11) is 0. The maximum absolute atomic E-state index is 4.83. The van der Waals surface area contributed by atoms with Gasteiger partial charge in [0.15, 0.2) is 5.82 Å². The van der Waals surface area contributed by atoms with E-state index in [2.05, 4.69) is 47.2 Å². The van der Waals surface area contributed by atoms with E-state index in [0.29, 0.717) is 0 Å². The average molecular weight is 366 g/mol. The number of hydrogen-bond acceptors (Lipinski definition) is 4. The largest absolute Gasteiger partial charge is 0.317 e. The highest BCUT2D eigenvalue weighted by Crippen LogP contribution is 2.32. The van der Waals surface area contributed by atoms with Gasteiger partial charge in [0.1, 0.15) is 0 Å². The first kappa shape index (κ1) is 15.1. The fraction of sp³-hybridized carbons (Fsp3) is 0.500. The van der Waals surface area contributed by atoms with Crippen molar-refractivity contribution < 1.29 is 0 Å². The van der Waals surface area contributed by atoms with Crippen molar-refractivity contribution in [1.82, 2.24) is 15.3 Å². The Morgan fingerprint density at radius 3 is 2.95 bits per heavy atom. The zero-order chi connectivity index (χ0) is 14.8. The topological polar surface area (TPSA) is 37.8 Å². The molecule has 3 nitrogen and oxygen atoms in total. The van der Waals surface area contributed by atoms with Crippen LogP contribution < -0.4 is 5.32 Å². The van der Waals surface area contributed by atoms with Crippen LogP contribution in [0.5, 0.6) is 0 Å². The number of halogens is 1. The molecule has 0 saturated carbocycles. The molecule has 5 heteroatoms. The summed E-state index contributed by atoms with van der Waals surface area (Å²) in [5.74, 6) is 1.61. The summed E-state index contributed by atoms with van der Waals surface area (Å²) in [6, 6.07) is 4.15. The Morgan fingerprint density at radius 2 is 2.24 bits per heavy atom. The first-order valence-corrected chi connectivity index (χ1v) is 9.11. The minimum atomic E-state index is 0.724. The molecule has 0 spiro atoms. The van der Waals surface area contributed by atoms with Crippen molar-refractivity contribution in [3.63, 3.8) is 0 Å². The second-order valence-corrected chi connectivity index (χ2v) is 8.04. The van der Waals surface area contributed by atoms with Gasteiger partial charge in [0.2, 0.25) is 0 Å². The first-order valence-electron chi connectivity index (χ1n) is 7.50. The Hall–Kier alpha value is -0.780. The molecule has 1 unspecified atom stereocenters. The van der Waals surface area contributed by atoms with E-state index < -0.39 is 0 Å². The molecular formula is C16H20BrN3S. The molecule has 0 aliphatic heterocycles. The van der Waals surface area contributed by atoms with Crippen molar-refractivity contribution in [3.05, 3.63) is 32.9 Å². The number of rotatable bonds is 4. The highest BCUT2D eigenvalue weighted by molar-refractivity contribution is 9.11. The molecular weight excluding hydrogens is 346 g/mol. The van der Waals surface area contributed by atoms with Crippen molar-refractivity contribution in [3.8, 4) is 10.7 Å². The number of hydrogen-bond donors (Lipinski definition) is 1. The van der Waals surface area contributed by atoms with Crippen LogP contribution in [0.3, 0.4) is 0 Å². The third kappa shape index (κ3) is 3.35. The van der Waals surface area contributed by atoms with Gasteiger partial charge < -0.3 is 5.32 Å². The molecule has 21 heavy (non-hydrogen) atoms. The molecule has 1 aliphatic rings. The van der Waals surface area contributed by atoms with Gasteiger partial charge in [0, 0.05) is 11.4 Å². The molecule has 0 radical (unpaired) electrons. The molecule has 1 N–H and O–H groups in total. The average Bonchev–Trinajstić information content (AvgIpc) is 2.92. The van der Waals surface area contributed by atoms with Crippen molar-refractivity contribution in [1.29, 1.82) is 0 Å². The van der Waals surface area contributed by atoms with Gasteiger partial charge in [-0.05, 0) is 78.8 Å². The second kappa shape index (κ2) is 6.55. The van der Waals surface area contributed by atoms with Gasteiger partial charge in [-0.1, -0.05) is 6.92 Å². The van der Waals surface area contributed by atoms with E-state index in [1.807, 2.05) is 0 Å². The van der Waals surface area contributed by atoms with Crippen LogP contribution >= 0.6 is 27.3 Å². The highest BCUT2D eigenvalue weighted by Gasteiger charge is 2.22. The fourth-order valence-electron chi connectivity index (χ4n) is 2.93. The molecule has 2 heterocycles. The molecule has 1 atom stereocenters. The quantitative estimate of drug-likeness (QED) is 0.889. The fourth-order valence-corrected chi connectivity index (χ4v) is 4.25. The molecule has 1 aliphatic carbocycles. The lowest BCUT2D eigenvalue weighted by atomic mass is 9.85. The molecule has 0 aromatic carbocycles. The van der Waals surface area contributed by atoms with Crippen LogP contribution in [0.15, 0.2) is 15.9 Å². The van der Waals surface area contributed by atoms with Crippen LogP contribution in [0.1, 0.15) is 30.3 Å². The summed E-state index contributed by atoms with van der Waals surface area (Å²) < 4.78 is 1.13. The van der Waals surface area contributed by atoms with Crippen molar-refractivity contribution in [2.75, 3.05) is 13.1 Å². The number of nitrogens with one attached hydrogen (secondary N) is 1. The molecule has 0 bridgehead atoms. The zero-order valence-electron chi connectivity index (χ0n) is 12.4. The predicted octanol–water partition coefficient (Wildman–Crippen LogP) is 3.99.